The minimum atomic E-state index is -0.610. The third-order valence-corrected chi connectivity index (χ3v) is 7.05. The van der Waals surface area contributed by atoms with Crippen molar-refractivity contribution < 1.29 is 19.2 Å². The van der Waals surface area contributed by atoms with Crippen molar-refractivity contribution in [3.05, 3.63) is 81.5 Å². The molecule has 0 bridgehead atoms. The van der Waals surface area contributed by atoms with Crippen LogP contribution in [0, 0.1) is 17.0 Å². The summed E-state index contributed by atoms with van der Waals surface area (Å²) in [5.74, 6) is -0.232. The van der Waals surface area contributed by atoms with Gasteiger partial charge in [-0.25, -0.2) is 4.98 Å². The third-order valence-electron chi connectivity index (χ3n) is 7.05. The van der Waals surface area contributed by atoms with Crippen molar-refractivity contribution in [2.75, 3.05) is 81.0 Å². The van der Waals surface area contributed by atoms with Crippen molar-refractivity contribution in [3.63, 3.8) is 0 Å². The Morgan fingerprint density at radius 3 is 2.48 bits per heavy atom. The summed E-state index contributed by atoms with van der Waals surface area (Å²) in [7, 11) is 5.89. The number of carbonyl (C=O) groups is 2. The predicted octanol–water partition coefficient (Wildman–Crippen LogP) is 4.03. The van der Waals surface area contributed by atoms with Gasteiger partial charge < -0.3 is 30.1 Å². The van der Waals surface area contributed by atoms with Crippen LogP contribution in [0.2, 0.25) is 0 Å². The number of morpholine rings is 1. The second-order valence-corrected chi connectivity index (χ2v) is 10.5. The molecule has 0 radical (unpaired) electrons. The summed E-state index contributed by atoms with van der Waals surface area (Å²) in [4.78, 5) is 48.1. The number of aromatic nitrogens is 1. The number of carbonyl (C=O) groups excluding carboxylic acids is 2. The van der Waals surface area contributed by atoms with Gasteiger partial charge in [0.2, 0.25) is 0 Å². The molecule has 42 heavy (non-hydrogen) atoms. The van der Waals surface area contributed by atoms with E-state index in [9.17, 15) is 19.7 Å². The van der Waals surface area contributed by atoms with Crippen molar-refractivity contribution >= 4 is 40.4 Å². The highest BCUT2D eigenvalue weighted by molar-refractivity contribution is 6.09. The lowest BCUT2D eigenvalue weighted by atomic mass is 10.1. The molecule has 0 unspecified atom stereocenters. The molecule has 2 amide bonds. The Labute approximate surface area is 245 Å². The molecule has 1 fully saturated rings. The van der Waals surface area contributed by atoms with Gasteiger partial charge in [-0.15, -0.1) is 0 Å². The number of nitro groups is 1. The van der Waals surface area contributed by atoms with E-state index in [0.717, 1.165) is 25.1 Å². The normalized spacial score (nSPS) is 13.1. The minimum absolute atomic E-state index is 0.0433. The summed E-state index contributed by atoms with van der Waals surface area (Å²) in [6, 6.07) is 13.1. The third kappa shape index (κ3) is 7.80. The first-order valence-electron chi connectivity index (χ1n) is 13.8. The van der Waals surface area contributed by atoms with Crippen LogP contribution < -0.4 is 20.4 Å². The number of rotatable bonds is 11. The Balaban J connectivity index is 1.50. The van der Waals surface area contributed by atoms with Crippen molar-refractivity contribution in [2.24, 2.45) is 0 Å². The lowest BCUT2D eigenvalue weighted by Crippen LogP contribution is -2.36. The molecule has 2 aromatic carbocycles. The van der Waals surface area contributed by atoms with Gasteiger partial charge in [0.15, 0.2) is 0 Å². The predicted molar refractivity (Wildman–Crippen MR) is 164 cm³/mol. The topological polar surface area (TPSA) is 133 Å². The number of nitrogens with one attached hydrogen (secondary N) is 2. The second-order valence-electron chi connectivity index (χ2n) is 10.5. The van der Waals surface area contributed by atoms with Crippen molar-refractivity contribution in [3.8, 4) is 0 Å². The van der Waals surface area contributed by atoms with Gasteiger partial charge in [-0.2, -0.15) is 0 Å². The van der Waals surface area contributed by atoms with Gasteiger partial charge in [0.05, 0.1) is 18.1 Å². The maximum absolute atomic E-state index is 13.4. The standard InChI is InChI=1S/C30H37N7O5/c1-21-6-7-23(32-29(38)22-10-11-31-28(18-22)36-14-16-42-17-15-36)19-26(21)33-30(39)25-20-24(8-9-27(25)37(40)41)35(4)13-5-12-34(2)3/h6-11,18-20H,5,12-17H2,1-4H3,(H,32,38)(H,33,39). The van der Waals surface area contributed by atoms with E-state index in [0.29, 0.717) is 54.7 Å². The monoisotopic (exact) mass is 575 g/mol. The first kappa shape index (κ1) is 30.4. The lowest BCUT2D eigenvalue weighted by Gasteiger charge is -2.27. The van der Waals surface area contributed by atoms with E-state index in [1.807, 2.05) is 33.0 Å². The number of nitro benzene ring substituents is 1. The van der Waals surface area contributed by atoms with Crippen LogP contribution in [0.1, 0.15) is 32.7 Å². The minimum Gasteiger partial charge on any atom is -0.378 e. The van der Waals surface area contributed by atoms with Crippen molar-refractivity contribution in [2.45, 2.75) is 13.3 Å². The van der Waals surface area contributed by atoms with Crippen LogP contribution in [0.5, 0.6) is 0 Å². The summed E-state index contributed by atoms with van der Waals surface area (Å²) in [6.07, 6.45) is 2.49. The molecule has 4 rings (SSSR count). The van der Waals surface area contributed by atoms with E-state index in [4.69, 9.17) is 4.74 Å². The maximum atomic E-state index is 13.4. The first-order chi connectivity index (χ1) is 20.1. The molecule has 0 saturated carbocycles. The van der Waals surface area contributed by atoms with E-state index in [1.54, 1.807) is 48.7 Å². The summed E-state index contributed by atoms with van der Waals surface area (Å²) in [6.45, 7) is 6.05. The Morgan fingerprint density at radius 1 is 1.00 bits per heavy atom. The van der Waals surface area contributed by atoms with E-state index in [2.05, 4.69) is 25.4 Å². The van der Waals surface area contributed by atoms with Crippen molar-refractivity contribution in [1.29, 1.82) is 0 Å². The highest BCUT2D eigenvalue weighted by Crippen LogP contribution is 2.28. The van der Waals surface area contributed by atoms with Crippen LogP contribution in [-0.4, -0.2) is 87.2 Å². The summed E-state index contributed by atoms with van der Waals surface area (Å²) >= 11 is 0. The molecule has 1 aliphatic rings. The van der Waals surface area contributed by atoms with Gasteiger partial charge >= 0.3 is 0 Å². The SMILES string of the molecule is Cc1ccc(NC(=O)c2ccnc(N3CCOCC3)c2)cc1NC(=O)c1cc(N(C)CCCN(C)C)ccc1[N+](=O)[O-]. The van der Waals surface area contributed by atoms with Gasteiger partial charge in [-0.1, -0.05) is 6.07 Å². The molecule has 2 heterocycles. The van der Waals surface area contributed by atoms with Crippen LogP contribution in [0.15, 0.2) is 54.7 Å². The molecular weight excluding hydrogens is 538 g/mol. The van der Waals surface area contributed by atoms with E-state index in [-0.39, 0.29) is 17.2 Å². The second kappa shape index (κ2) is 13.9. The fourth-order valence-corrected chi connectivity index (χ4v) is 4.61. The quantitative estimate of drug-likeness (QED) is 0.257. The molecular formula is C30H37N7O5. The van der Waals surface area contributed by atoms with Gasteiger partial charge in [0.25, 0.3) is 17.5 Å². The Morgan fingerprint density at radius 2 is 1.76 bits per heavy atom. The van der Waals surface area contributed by atoms with Crippen LogP contribution >= 0.6 is 0 Å². The molecule has 3 aromatic rings. The fraction of sp³-hybridized carbons (Fsp3) is 0.367. The number of hydrogen-bond acceptors (Lipinski definition) is 9. The van der Waals surface area contributed by atoms with Crippen LogP contribution in [0.3, 0.4) is 0 Å². The number of benzene rings is 2. The number of amides is 2. The van der Waals surface area contributed by atoms with Crippen LogP contribution in [-0.2, 0) is 4.74 Å². The van der Waals surface area contributed by atoms with Gasteiger partial charge in [0.1, 0.15) is 11.4 Å². The number of nitrogens with zero attached hydrogens (tertiary/aromatic N) is 5. The van der Waals surface area contributed by atoms with E-state index >= 15 is 0 Å². The average Bonchev–Trinajstić information content (AvgIpc) is 2.98. The lowest BCUT2D eigenvalue weighted by molar-refractivity contribution is -0.385. The zero-order chi connectivity index (χ0) is 30.2. The molecule has 0 aliphatic carbocycles. The maximum Gasteiger partial charge on any atom is 0.282 e. The molecule has 12 nitrogen and oxygen atoms in total. The highest BCUT2D eigenvalue weighted by atomic mass is 16.6. The Bertz CT molecular complexity index is 1440. The number of aryl methyl sites for hydroxylation is 1. The van der Waals surface area contributed by atoms with Crippen LogP contribution in [0.25, 0.3) is 0 Å². The number of ether oxygens (including phenoxy) is 1. The summed E-state index contributed by atoms with van der Waals surface area (Å²) in [5.41, 5.74) is 2.46. The Kier molecular flexibility index (Phi) is 10.0. The molecule has 2 N–H and O–H groups in total. The molecule has 1 aromatic heterocycles. The zero-order valence-corrected chi connectivity index (χ0v) is 24.4. The number of hydrogen-bond donors (Lipinski definition) is 2. The summed E-state index contributed by atoms with van der Waals surface area (Å²) in [5, 5.41) is 17.4. The number of pyridine rings is 1. The number of anilines is 4. The van der Waals surface area contributed by atoms with Crippen molar-refractivity contribution in [1.82, 2.24) is 9.88 Å². The zero-order valence-electron chi connectivity index (χ0n) is 24.4. The fourth-order valence-electron chi connectivity index (χ4n) is 4.61. The molecule has 1 aliphatic heterocycles. The molecule has 222 valence electrons. The van der Waals surface area contributed by atoms with Gasteiger partial charge in [-0.05, 0) is 75.9 Å². The smallest absolute Gasteiger partial charge is 0.282 e. The molecule has 0 spiro atoms. The molecule has 1 saturated heterocycles. The average molecular weight is 576 g/mol. The summed E-state index contributed by atoms with van der Waals surface area (Å²) < 4.78 is 5.39. The highest BCUT2D eigenvalue weighted by Gasteiger charge is 2.23. The van der Waals surface area contributed by atoms with Gasteiger partial charge in [-0.3, -0.25) is 19.7 Å². The molecule has 12 heteroatoms. The Hall–Kier alpha value is -4.55. The van der Waals surface area contributed by atoms with Gasteiger partial charge in [0, 0.05) is 61.6 Å². The first-order valence-corrected chi connectivity index (χ1v) is 13.8. The largest absolute Gasteiger partial charge is 0.378 e. The van der Waals surface area contributed by atoms with E-state index in [1.165, 1.54) is 6.07 Å². The van der Waals surface area contributed by atoms with Crippen LogP contribution in [0.4, 0.5) is 28.6 Å². The van der Waals surface area contributed by atoms with E-state index < -0.39 is 10.8 Å². The molecule has 0 atom stereocenters.